The molecule has 7 nitrogen and oxygen atoms in total. The molecular weight excluding hydrogens is 419 g/mol. The van der Waals surface area contributed by atoms with E-state index in [4.69, 9.17) is 0 Å². The number of anilines is 2. The number of benzene rings is 1. The van der Waals surface area contributed by atoms with Gasteiger partial charge in [-0.05, 0) is 31.0 Å². The van der Waals surface area contributed by atoms with Crippen molar-refractivity contribution in [3.05, 3.63) is 66.1 Å². The van der Waals surface area contributed by atoms with E-state index >= 15 is 0 Å². The Morgan fingerprint density at radius 3 is 2.38 bits per heavy atom. The third kappa shape index (κ3) is 4.43. The number of nitrogens with zero attached hydrogens (tertiary/aromatic N) is 5. The van der Waals surface area contributed by atoms with Gasteiger partial charge in [0.15, 0.2) is 17.5 Å². The summed E-state index contributed by atoms with van der Waals surface area (Å²) in [7, 11) is 0. The number of halogens is 3. The van der Waals surface area contributed by atoms with Crippen LogP contribution in [-0.4, -0.2) is 30.1 Å². The molecule has 0 spiro atoms. The van der Waals surface area contributed by atoms with Crippen LogP contribution in [0.4, 0.5) is 24.9 Å². The molecule has 10 heteroatoms. The van der Waals surface area contributed by atoms with Crippen molar-refractivity contribution in [1.82, 2.24) is 30.1 Å². The van der Waals surface area contributed by atoms with Crippen LogP contribution < -0.4 is 5.32 Å². The van der Waals surface area contributed by atoms with E-state index in [-0.39, 0.29) is 30.6 Å². The number of aromatic amines is 1. The first kappa shape index (κ1) is 21.4. The van der Waals surface area contributed by atoms with Gasteiger partial charge in [-0.1, -0.05) is 25.6 Å². The van der Waals surface area contributed by atoms with Gasteiger partial charge < -0.3 is 5.32 Å². The molecule has 0 aliphatic heterocycles. The second-order valence-corrected chi connectivity index (χ2v) is 7.19. The lowest BCUT2D eigenvalue weighted by Crippen LogP contribution is -2.09. The first-order valence-corrected chi connectivity index (χ1v) is 9.63. The van der Waals surface area contributed by atoms with Crippen molar-refractivity contribution in [3.63, 3.8) is 0 Å². The zero-order valence-corrected chi connectivity index (χ0v) is 16.1. The van der Waals surface area contributed by atoms with E-state index in [1.807, 2.05) is 6.07 Å². The molecule has 1 aromatic carbocycles. The minimum Gasteiger partial charge on any atom is -0.307 e. The van der Waals surface area contributed by atoms with Crippen LogP contribution in [0.5, 0.6) is 0 Å². The average molecular weight is 439 g/mol. The quantitative estimate of drug-likeness (QED) is 0.421. The summed E-state index contributed by atoms with van der Waals surface area (Å²) in [4.78, 5) is 16.9. The van der Waals surface area contributed by atoms with Crippen LogP contribution in [0.1, 0.15) is 37.4 Å². The van der Waals surface area contributed by atoms with Crippen molar-refractivity contribution >= 4 is 11.8 Å². The van der Waals surface area contributed by atoms with Gasteiger partial charge in [0.05, 0.1) is 5.56 Å². The van der Waals surface area contributed by atoms with Crippen LogP contribution in [-0.2, 0) is 6.18 Å². The Kier molecular flexibility index (Phi) is 5.60. The molecule has 3 aromatic heterocycles. The van der Waals surface area contributed by atoms with E-state index in [0.717, 1.165) is 24.6 Å². The number of hydrogen-bond donors (Lipinski definition) is 2. The molecule has 164 valence electrons. The molecule has 1 fully saturated rings. The van der Waals surface area contributed by atoms with Crippen molar-refractivity contribution in [2.24, 2.45) is 0 Å². The standard InChI is InChI=1S/C21H16F3N7.CH4/c22-21(23,24)15-4-2-1-3-14(15)19-27-18(13-7-9-25-10-8-13)28-20(29-19)26-17-11-16(30-31-17)12-5-6-12;/h1-4,7-12H,5-6H2,(H2,26,27,28,29,30,31);1H4. The molecule has 0 unspecified atom stereocenters. The van der Waals surface area contributed by atoms with Gasteiger partial charge in [0, 0.05) is 41.2 Å². The summed E-state index contributed by atoms with van der Waals surface area (Å²) >= 11 is 0. The molecule has 0 saturated heterocycles. The van der Waals surface area contributed by atoms with E-state index in [2.05, 4.69) is 35.5 Å². The van der Waals surface area contributed by atoms with E-state index in [0.29, 0.717) is 17.3 Å². The summed E-state index contributed by atoms with van der Waals surface area (Å²) < 4.78 is 40.7. The topological polar surface area (TPSA) is 92.3 Å². The Hall–Kier alpha value is -3.82. The monoisotopic (exact) mass is 439 g/mol. The number of H-pyrrole nitrogens is 1. The van der Waals surface area contributed by atoms with Gasteiger partial charge in [-0.25, -0.2) is 4.98 Å². The van der Waals surface area contributed by atoms with Crippen LogP contribution in [0.25, 0.3) is 22.8 Å². The van der Waals surface area contributed by atoms with Gasteiger partial charge >= 0.3 is 6.18 Å². The Bertz CT molecular complexity index is 1220. The minimum atomic E-state index is -4.55. The van der Waals surface area contributed by atoms with Crippen molar-refractivity contribution in [3.8, 4) is 22.8 Å². The number of aromatic nitrogens is 6. The third-order valence-electron chi connectivity index (χ3n) is 4.90. The predicted molar refractivity (Wildman–Crippen MR) is 114 cm³/mol. The van der Waals surface area contributed by atoms with Gasteiger partial charge in [-0.2, -0.15) is 28.2 Å². The lowest BCUT2D eigenvalue weighted by atomic mass is 10.1. The van der Waals surface area contributed by atoms with E-state index in [9.17, 15) is 13.2 Å². The number of rotatable bonds is 5. The van der Waals surface area contributed by atoms with Crippen molar-refractivity contribution in [2.75, 3.05) is 5.32 Å². The lowest BCUT2D eigenvalue weighted by Gasteiger charge is -2.13. The molecule has 1 saturated carbocycles. The van der Waals surface area contributed by atoms with Gasteiger partial charge in [-0.3, -0.25) is 10.1 Å². The zero-order valence-electron chi connectivity index (χ0n) is 16.1. The van der Waals surface area contributed by atoms with E-state index in [1.165, 1.54) is 18.2 Å². The second-order valence-electron chi connectivity index (χ2n) is 7.19. The summed E-state index contributed by atoms with van der Waals surface area (Å²) in [5, 5.41) is 10.2. The number of pyridine rings is 1. The molecule has 1 aliphatic rings. The lowest BCUT2D eigenvalue weighted by molar-refractivity contribution is -0.137. The van der Waals surface area contributed by atoms with Crippen molar-refractivity contribution in [2.45, 2.75) is 32.4 Å². The molecule has 0 atom stereocenters. The minimum absolute atomic E-state index is 0. The molecular formula is C22H20F3N7. The predicted octanol–water partition coefficient (Wildman–Crippen LogP) is 5.60. The number of nitrogens with one attached hydrogen (secondary N) is 2. The molecule has 4 aromatic rings. The van der Waals surface area contributed by atoms with Crippen molar-refractivity contribution < 1.29 is 13.2 Å². The van der Waals surface area contributed by atoms with E-state index in [1.54, 1.807) is 24.5 Å². The van der Waals surface area contributed by atoms with Crippen LogP contribution in [0.3, 0.4) is 0 Å². The summed E-state index contributed by atoms with van der Waals surface area (Å²) in [5.41, 5.74) is 0.667. The first-order chi connectivity index (χ1) is 15.0. The molecule has 5 rings (SSSR count). The first-order valence-electron chi connectivity index (χ1n) is 9.63. The van der Waals surface area contributed by atoms with Crippen molar-refractivity contribution in [1.29, 1.82) is 0 Å². The Balaban J connectivity index is 0.00000245. The maximum atomic E-state index is 13.6. The van der Waals surface area contributed by atoms with Crippen LogP contribution in [0, 0.1) is 0 Å². The van der Waals surface area contributed by atoms with E-state index < -0.39 is 11.7 Å². The normalized spacial score (nSPS) is 13.5. The number of alkyl halides is 3. The highest BCUT2D eigenvalue weighted by atomic mass is 19.4. The molecule has 1 aliphatic carbocycles. The van der Waals surface area contributed by atoms with Gasteiger partial charge in [0.25, 0.3) is 0 Å². The van der Waals surface area contributed by atoms with Crippen LogP contribution in [0.15, 0.2) is 54.9 Å². The van der Waals surface area contributed by atoms with Gasteiger partial charge in [-0.15, -0.1) is 0 Å². The molecule has 0 radical (unpaired) electrons. The zero-order chi connectivity index (χ0) is 21.4. The highest BCUT2D eigenvalue weighted by Crippen LogP contribution is 2.40. The highest BCUT2D eigenvalue weighted by Gasteiger charge is 2.34. The Morgan fingerprint density at radius 1 is 0.938 bits per heavy atom. The Labute approximate surface area is 182 Å². The fourth-order valence-electron chi connectivity index (χ4n) is 3.23. The van der Waals surface area contributed by atoms with Crippen LogP contribution in [0.2, 0.25) is 0 Å². The smallest absolute Gasteiger partial charge is 0.307 e. The molecule has 2 N–H and O–H groups in total. The fraction of sp³-hybridized carbons (Fsp3) is 0.227. The maximum Gasteiger partial charge on any atom is 0.417 e. The second kappa shape index (κ2) is 8.37. The molecule has 32 heavy (non-hydrogen) atoms. The SMILES string of the molecule is C.FC(F)(F)c1ccccc1-c1nc(Nc2cc(C3CC3)[nH]n2)nc(-c2ccncc2)n1. The third-order valence-corrected chi connectivity index (χ3v) is 4.90. The molecule has 0 amide bonds. The van der Waals surface area contributed by atoms with Gasteiger partial charge in [0.2, 0.25) is 5.95 Å². The summed E-state index contributed by atoms with van der Waals surface area (Å²) in [6, 6.07) is 10.4. The molecule has 0 bridgehead atoms. The summed E-state index contributed by atoms with van der Waals surface area (Å²) in [6.45, 7) is 0. The fourth-order valence-corrected chi connectivity index (χ4v) is 3.23. The highest BCUT2D eigenvalue weighted by molar-refractivity contribution is 5.66. The van der Waals surface area contributed by atoms with Gasteiger partial charge in [0.1, 0.15) is 0 Å². The Morgan fingerprint density at radius 2 is 1.66 bits per heavy atom. The summed E-state index contributed by atoms with van der Waals surface area (Å²) in [5.74, 6) is 1.20. The van der Waals surface area contributed by atoms with Crippen LogP contribution >= 0.6 is 0 Å². The maximum absolute atomic E-state index is 13.6. The molecule has 3 heterocycles. The largest absolute Gasteiger partial charge is 0.417 e. The summed E-state index contributed by atoms with van der Waals surface area (Å²) in [6.07, 6.45) is 0.793. The number of hydrogen-bond acceptors (Lipinski definition) is 6. The average Bonchev–Trinajstić information content (AvgIpc) is 3.53.